The normalized spacial score (nSPS) is 26.5. The van der Waals surface area contributed by atoms with Crippen LogP contribution in [0.3, 0.4) is 0 Å². The first-order chi connectivity index (χ1) is 20.8. The predicted molar refractivity (Wildman–Crippen MR) is 182 cm³/mol. The summed E-state index contributed by atoms with van der Waals surface area (Å²) >= 11 is 0. The van der Waals surface area contributed by atoms with Crippen LogP contribution in [0.2, 0.25) is 0 Å². The van der Waals surface area contributed by atoms with Gasteiger partial charge in [0.1, 0.15) is 5.75 Å². The molecule has 1 saturated carbocycles. The number of rotatable bonds is 20. The van der Waals surface area contributed by atoms with Gasteiger partial charge in [-0.05, 0) is 118 Å². The maximum absolute atomic E-state index is 10.6. The highest BCUT2D eigenvalue weighted by atomic mass is 16.6. The lowest BCUT2D eigenvalue weighted by Crippen LogP contribution is -2.43. The zero-order chi connectivity index (χ0) is 31.3. The lowest BCUT2D eigenvalue weighted by Gasteiger charge is -2.51. The van der Waals surface area contributed by atoms with E-state index in [9.17, 15) is 5.11 Å². The number of nitrogens with one attached hydrogen (secondary N) is 1. The van der Waals surface area contributed by atoms with E-state index in [1.807, 2.05) is 6.92 Å². The Morgan fingerprint density at radius 2 is 1.93 bits per heavy atom. The van der Waals surface area contributed by atoms with Crippen molar-refractivity contribution in [2.45, 2.75) is 136 Å². The van der Waals surface area contributed by atoms with Gasteiger partial charge in [0.15, 0.2) is 5.79 Å². The van der Waals surface area contributed by atoms with E-state index in [4.69, 9.17) is 9.47 Å². The van der Waals surface area contributed by atoms with Crippen molar-refractivity contribution in [2.24, 2.45) is 23.2 Å². The predicted octanol–water partition coefficient (Wildman–Crippen LogP) is 10.1. The van der Waals surface area contributed by atoms with Crippen molar-refractivity contribution in [3.63, 3.8) is 0 Å². The van der Waals surface area contributed by atoms with Crippen LogP contribution in [0.15, 0.2) is 61.2 Å². The smallest absolute Gasteiger partial charge is 0.184 e. The monoisotopic (exact) mass is 593 g/mol. The van der Waals surface area contributed by atoms with Crippen LogP contribution in [-0.2, 0) is 4.74 Å². The average molecular weight is 594 g/mol. The van der Waals surface area contributed by atoms with Crippen molar-refractivity contribution in [2.75, 3.05) is 13.2 Å². The Kier molecular flexibility index (Phi) is 14.5. The van der Waals surface area contributed by atoms with Gasteiger partial charge in [-0.3, -0.25) is 0 Å². The number of hydrogen-bond donors (Lipinski definition) is 2. The van der Waals surface area contributed by atoms with E-state index in [0.29, 0.717) is 42.9 Å². The molecule has 7 atom stereocenters. The van der Waals surface area contributed by atoms with Crippen LogP contribution >= 0.6 is 0 Å². The summed E-state index contributed by atoms with van der Waals surface area (Å²) in [7, 11) is 0. The minimum atomic E-state index is -1.21. The van der Waals surface area contributed by atoms with Crippen molar-refractivity contribution >= 4 is 0 Å². The number of benzene rings is 1. The molecule has 0 saturated heterocycles. The Morgan fingerprint density at radius 1 is 1.14 bits per heavy atom. The Labute approximate surface area is 264 Å². The maximum atomic E-state index is 10.6. The largest absolute Gasteiger partial charge is 0.494 e. The van der Waals surface area contributed by atoms with Crippen molar-refractivity contribution in [1.29, 1.82) is 0 Å². The van der Waals surface area contributed by atoms with E-state index in [2.05, 4.69) is 82.6 Å². The SMILES string of the molecule is C=CC(O)(CCCC1=CCCC2C1CCC(C=C)(CCOc1cccc(C(CCC)NC(CC)CCC)c1)C2C)OCC. The standard InChI is InChI=1S/C39H63NO3/c1-8-17-33(10-3)40-37(18-9-2)32-20-14-22-34(29-32)42-28-27-38(11-4)26-24-36-31(19-15-23-35(36)30(38)7)21-16-25-39(41,12-5)43-13-6/h11-12,14,19-20,22,29-30,33,35-37,40-41H,4-5,8-10,13,15-18,21,23-28H2,1-3,6-7H3. The fourth-order valence-corrected chi connectivity index (χ4v) is 8.08. The third-order valence-corrected chi connectivity index (χ3v) is 10.7. The van der Waals surface area contributed by atoms with Gasteiger partial charge in [-0.15, -0.1) is 6.58 Å². The van der Waals surface area contributed by atoms with E-state index >= 15 is 0 Å². The molecule has 242 valence electrons. The quantitative estimate of drug-likeness (QED) is 0.117. The third kappa shape index (κ3) is 9.55. The fourth-order valence-electron chi connectivity index (χ4n) is 8.08. The van der Waals surface area contributed by atoms with E-state index in [1.165, 1.54) is 31.2 Å². The zero-order valence-electron chi connectivity index (χ0n) is 28.2. The van der Waals surface area contributed by atoms with Crippen LogP contribution in [0.5, 0.6) is 5.75 Å². The molecule has 0 aromatic heterocycles. The molecule has 1 aromatic carbocycles. The molecule has 43 heavy (non-hydrogen) atoms. The van der Waals surface area contributed by atoms with Crippen LogP contribution in [0.25, 0.3) is 0 Å². The van der Waals surface area contributed by atoms with Crippen molar-refractivity contribution in [3.8, 4) is 5.75 Å². The molecule has 2 N–H and O–H groups in total. The van der Waals surface area contributed by atoms with Gasteiger partial charge < -0.3 is 19.9 Å². The van der Waals surface area contributed by atoms with Gasteiger partial charge in [0.25, 0.3) is 0 Å². The highest BCUT2D eigenvalue weighted by molar-refractivity contribution is 5.31. The topological polar surface area (TPSA) is 50.7 Å². The summed E-state index contributed by atoms with van der Waals surface area (Å²) in [6.07, 6.45) is 20.5. The minimum absolute atomic E-state index is 0.111. The zero-order valence-corrected chi connectivity index (χ0v) is 28.2. The number of ether oxygens (including phenoxy) is 2. The highest BCUT2D eigenvalue weighted by Crippen LogP contribution is 2.55. The second-order valence-corrected chi connectivity index (χ2v) is 13.3. The van der Waals surface area contributed by atoms with Crippen molar-refractivity contribution in [3.05, 3.63) is 66.8 Å². The van der Waals surface area contributed by atoms with Crippen molar-refractivity contribution < 1.29 is 14.6 Å². The molecule has 4 nitrogen and oxygen atoms in total. The molecule has 2 aliphatic rings. The number of hydrogen-bond acceptors (Lipinski definition) is 4. The van der Waals surface area contributed by atoms with Gasteiger partial charge in [-0.1, -0.05) is 77.0 Å². The molecular weight excluding hydrogens is 530 g/mol. The van der Waals surface area contributed by atoms with E-state index in [0.717, 1.165) is 63.7 Å². The van der Waals surface area contributed by atoms with Crippen LogP contribution in [0.1, 0.15) is 130 Å². The molecule has 3 rings (SSSR count). The summed E-state index contributed by atoms with van der Waals surface area (Å²) in [6, 6.07) is 9.75. The summed E-state index contributed by atoms with van der Waals surface area (Å²) in [5, 5.41) is 14.6. The fraction of sp³-hybridized carbons (Fsp3) is 0.692. The molecule has 4 heteroatoms. The van der Waals surface area contributed by atoms with Gasteiger partial charge in [-0.25, -0.2) is 0 Å². The minimum Gasteiger partial charge on any atom is -0.494 e. The summed E-state index contributed by atoms with van der Waals surface area (Å²) in [4.78, 5) is 0. The molecule has 1 aromatic rings. The lowest BCUT2D eigenvalue weighted by atomic mass is 9.54. The number of fused-ring (bicyclic) bond motifs is 1. The molecule has 0 spiro atoms. The first kappa shape index (κ1) is 35.6. The molecule has 0 amide bonds. The van der Waals surface area contributed by atoms with E-state index in [1.54, 1.807) is 11.6 Å². The summed E-state index contributed by atoms with van der Waals surface area (Å²) in [6.45, 7) is 20.6. The first-order valence-corrected chi connectivity index (χ1v) is 17.6. The van der Waals surface area contributed by atoms with Crippen LogP contribution in [-0.4, -0.2) is 30.1 Å². The van der Waals surface area contributed by atoms with Crippen molar-refractivity contribution in [1.82, 2.24) is 5.32 Å². The van der Waals surface area contributed by atoms with E-state index in [-0.39, 0.29) is 5.41 Å². The molecule has 0 aliphatic heterocycles. The number of allylic oxidation sites excluding steroid dienone is 3. The molecule has 1 fully saturated rings. The van der Waals surface area contributed by atoms with Crippen LogP contribution < -0.4 is 10.1 Å². The van der Waals surface area contributed by atoms with Crippen LogP contribution in [0, 0.1) is 23.2 Å². The van der Waals surface area contributed by atoms with E-state index < -0.39 is 5.79 Å². The molecular formula is C39H63NO3. The second kappa shape index (κ2) is 17.6. The van der Waals surface area contributed by atoms with Gasteiger partial charge in [-0.2, -0.15) is 0 Å². The summed E-state index contributed by atoms with van der Waals surface area (Å²) < 4.78 is 12.0. The Bertz CT molecular complexity index is 1020. The Morgan fingerprint density at radius 3 is 2.60 bits per heavy atom. The number of aliphatic hydroxyl groups is 1. The highest BCUT2D eigenvalue weighted by Gasteiger charge is 2.46. The molecule has 0 radical (unpaired) electrons. The first-order valence-electron chi connectivity index (χ1n) is 17.6. The van der Waals surface area contributed by atoms with Gasteiger partial charge in [0, 0.05) is 25.1 Å². The molecule has 0 heterocycles. The second-order valence-electron chi connectivity index (χ2n) is 13.3. The average Bonchev–Trinajstić information content (AvgIpc) is 3.02. The Balaban J connectivity index is 1.60. The maximum Gasteiger partial charge on any atom is 0.184 e. The summed E-state index contributed by atoms with van der Waals surface area (Å²) in [5.41, 5.74) is 3.05. The molecule has 0 bridgehead atoms. The third-order valence-electron chi connectivity index (χ3n) is 10.7. The van der Waals surface area contributed by atoms with Crippen LogP contribution in [0.4, 0.5) is 0 Å². The van der Waals surface area contributed by atoms with Gasteiger partial charge in [0.05, 0.1) is 6.61 Å². The lowest BCUT2D eigenvalue weighted by molar-refractivity contribution is -0.167. The molecule has 2 aliphatic carbocycles. The summed E-state index contributed by atoms with van der Waals surface area (Å²) in [5.74, 6) is 1.66. The molecule has 7 unspecified atom stereocenters. The Hall–Kier alpha value is -1.88. The van der Waals surface area contributed by atoms with Gasteiger partial charge in [0.2, 0.25) is 0 Å². The van der Waals surface area contributed by atoms with Gasteiger partial charge >= 0.3 is 0 Å².